The molecular formula is C21H18F3N3O2. The highest BCUT2D eigenvalue weighted by atomic mass is 19.4. The summed E-state index contributed by atoms with van der Waals surface area (Å²) in [7, 11) is 0. The number of hydrogen-bond donors (Lipinski definition) is 2. The number of carboxylic acid groups (broad SMARTS) is 1. The third kappa shape index (κ3) is 4.71. The van der Waals surface area contributed by atoms with Crippen molar-refractivity contribution in [3.05, 3.63) is 71.5 Å². The molecule has 2 N–H and O–H groups in total. The van der Waals surface area contributed by atoms with E-state index in [4.69, 9.17) is 0 Å². The first-order valence-corrected chi connectivity index (χ1v) is 8.76. The van der Waals surface area contributed by atoms with Crippen molar-refractivity contribution in [3.8, 4) is 11.1 Å². The molecule has 1 atom stereocenters. The van der Waals surface area contributed by atoms with Crippen LogP contribution in [-0.2, 0) is 11.0 Å². The number of aryl methyl sites for hydroxylation is 1. The van der Waals surface area contributed by atoms with Crippen LogP contribution in [-0.4, -0.2) is 21.0 Å². The van der Waals surface area contributed by atoms with Crippen molar-refractivity contribution in [1.82, 2.24) is 9.97 Å². The quantitative estimate of drug-likeness (QED) is 0.599. The maximum atomic E-state index is 12.8. The minimum Gasteiger partial charge on any atom is -0.481 e. The fourth-order valence-corrected chi connectivity index (χ4v) is 2.83. The molecule has 0 spiro atoms. The molecule has 0 aliphatic heterocycles. The molecule has 0 aliphatic carbocycles. The fraction of sp³-hybridized carbons (Fsp3) is 0.190. The van der Waals surface area contributed by atoms with Crippen LogP contribution in [0.5, 0.6) is 0 Å². The van der Waals surface area contributed by atoms with Crippen LogP contribution in [0.2, 0.25) is 0 Å². The van der Waals surface area contributed by atoms with Gasteiger partial charge in [-0.05, 0) is 54.3 Å². The van der Waals surface area contributed by atoms with E-state index in [2.05, 4.69) is 15.3 Å². The number of nitrogens with one attached hydrogen (secondary N) is 1. The van der Waals surface area contributed by atoms with Gasteiger partial charge in [-0.25, -0.2) is 9.97 Å². The molecule has 8 heteroatoms. The van der Waals surface area contributed by atoms with E-state index in [0.29, 0.717) is 11.3 Å². The van der Waals surface area contributed by atoms with E-state index >= 15 is 0 Å². The number of carboxylic acids is 1. The number of alkyl halides is 3. The summed E-state index contributed by atoms with van der Waals surface area (Å²) in [6.45, 7) is 3.50. The highest BCUT2D eigenvalue weighted by Gasteiger charge is 2.32. The number of hydrogen-bond acceptors (Lipinski definition) is 4. The van der Waals surface area contributed by atoms with Crippen molar-refractivity contribution in [2.45, 2.75) is 25.9 Å². The van der Waals surface area contributed by atoms with Crippen LogP contribution in [0.15, 0.2) is 54.7 Å². The molecule has 0 aliphatic rings. The topological polar surface area (TPSA) is 75.1 Å². The average Bonchev–Trinajstić information content (AvgIpc) is 2.68. The Kier molecular flexibility index (Phi) is 5.54. The Morgan fingerprint density at radius 3 is 2.59 bits per heavy atom. The second-order valence-electron chi connectivity index (χ2n) is 6.60. The van der Waals surface area contributed by atoms with Gasteiger partial charge in [-0.15, -0.1) is 0 Å². The number of carbonyl (C=O) groups is 1. The largest absolute Gasteiger partial charge is 0.481 e. The lowest BCUT2D eigenvalue weighted by atomic mass is 9.94. The number of aromatic nitrogens is 2. The molecule has 3 aromatic rings. The van der Waals surface area contributed by atoms with Crippen LogP contribution in [0.4, 0.5) is 24.8 Å². The van der Waals surface area contributed by atoms with Crippen LogP contribution in [0.25, 0.3) is 11.1 Å². The molecule has 0 saturated carbocycles. The molecule has 1 unspecified atom stereocenters. The van der Waals surface area contributed by atoms with Crippen molar-refractivity contribution in [2.75, 3.05) is 5.32 Å². The van der Waals surface area contributed by atoms with Gasteiger partial charge in [0.1, 0.15) is 5.69 Å². The predicted molar refractivity (Wildman–Crippen MR) is 103 cm³/mol. The monoisotopic (exact) mass is 401 g/mol. The average molecular weight is 401 g/mol. The van der Waals surface area contributed by atoms with Crippen molar-refractivity contribution in [1.29, 1.82) is 0 Å². The second kappa shape index (κ2) is 7.90. The molecule has 0 bridgehead atoms. The minimum atomic E-state index is -4.56. The first kappa shape index (κ1) is 20.3. The van der Waals surface area contributed by atoms with Crippen LogP contribution in [0.1, 0.15) is 29.7 Å². The van der Waals surface area contributed by atoms with Crippen molar-refractivity contribution >= 4 is 17.6 Å². The summed E-state index contributed by atoms with van der Waals surface area (Å²) in [6, 6.07) is 13.3. The zero-order valence-electron chi connectivity index (χ0n) is 15.7. The summed E-state index contributed by atoms with van der Waals surface area (Å²) < 4.78 is 38.5. The van der Waals surface area contributed by atoms with E-state index in [-0.39, 0.29) is 5.95 Å². The van der Waals surface area contributed by atoms with Gasteiger partial charge in [-0.2, -0.15) is 13.2 Å². The van der Waals surface area contributed by atoms with Gasteiger partial charge in [-0.1, -0.05) is 30.3 Å². The van der Waals surface area contributed by atoms with Gasteiger partial charge >= 0.3 is 12.1 Å². The fourth-order valence-electron chi connectivity index (χ4n) is 2.83. The van der Waals surface area contributed by atoms with Crippen LogP contribution in [0, 0.1) is 6.92 Å². The molecule has 0 fully saturated rings. The summed E-state index contributed by atoms with van der Waals surface area (Å²) in [4.78, 5) is 18.6. The van der Waals surface area contributed by atoms with Crippen LogP contribution < -0.4 is 5.32 Å². The molecular weight excluding hydrogens is 383 g/mol. The Balaban J connectivity index is 1.94. The summed E-state index contributed by atoms with van der Waals surface area (Å²) >= 11 is 0. The van der Waals surface area contributed by atoms with Crippen molar-refractivity contribution in [3.63, 3.8) is 0 Å². The lowest BCUT2D eigenvalue weighted by Gasteiger charge is -2.13. The Labute approximate surface area is 165 Å². The van der Waals surface area contributed by atoms with Gasteiger partial charge in [0.25, 0.3) is 0 Å². The van der Waals surface area contributed by atoms with Crippen LogP contribution in [0.3, 0.4) is 0 Å². The molecule has 1 heterocycles. The zero-order chi connectivity index (χ0) is 21.2. The van der Waals surface area contributed by atoms with Crippen molar-refractivity contribution < 1.29 is 23.1 Å². The van der Waals surface area contributed by atoms with E-state index in [9.17, 15) is 23.1 Å². The summed E-state index contributed by atoms with van der Waals surface area (Å²) in [5, 5.41) is 12.0. The molecule has 5 nitrogen and oxygen atoms in total. The van der Waals surface area contributed by atoms with Gasteiger partial charge in [0.05, 0.1) is 5.92 Å². The number of anilines is 2. The van der Waals surface area contributed by atoms with E-state index in [0.717, 1.165) is 29.0 Å². The number of nitrogens with zero attached hydrogens (tertiary/aromatic N) is 2. The highest BCUT2D eigenvalue weighted by molar-refractivity contribution is 5.78. The van der Waals surface area contributed by atoms with E-state index < -0.39 is 23.8 Å². The van der Waals surface area contributed by atoms with Gasteiger partial charge in [-0.3, -0.25) is 4.79 Å². The molecule has 2 aromatic carbocycles. The maximum Gasteiger partial charge on any atom is 0.433 e. The van der Waals surface area contributed by atoms with Gasteiger partial charge in [0.2, 0.25) is 5.95 Å². The Morgan fingerprint density at radius 1 is 1.14 bits per heavy atom. The summed E-state index contributed by atoms with van der Waals surface area (Å²) in [5.74, 6) is -1.74. The standard InChI is InChI=1S/C21H18F3N3O2/c1-12-6-7-16(26-20-25-9-8-18(27-20)21(22,23)24)11-17(12)15-5-3-4-14(10-15)13(2)19(28)29/h3-11,13H,1-2H3,(H,28,29)(H,25,26,27). The molecule has 150 valence electrons. The van der Waals surface area contributed by atoms with Gasteiger partial charge in [0, 0.05) is 11.9 Å². The number of rotatable bonds is 5. The molecule has 1 aromatic heterocycles. The molecule has 3 rings (SSSR count). The van der Waals surface area contributed by atoms with E-state index in [1.165, 1.54) is 0 Å². The number of aliphatic carboxylic acids is 1. The SMILES string of the molecule is Cc1ccc(Nc2nccc(C(F)(F)F)n2)cc1-c1cccc(C(C)C(=O)O)c1. The Hall–Kier alpha value is -3.42. The van der Waals surface area contributed by atoms with E-state index in [1.807, 2.05) is 19.1 Å². The molecule has 0 radical (unpaired) electrons. The minimum absolute atomic E-state index is 0.164. The van der Waals surface area contributed by atoms with E-state index in [1.54, 1.807) is 37.3 Å². The van der Waals surface area contributed by atoms with Gasteiger partial charge in [0.15, 0.2) is 0 Å². The zero-order valence-corrected chi connectivity index (χ0v) is 15.7. The third-order valence-corrected chi connectivity index (χ3v) is 4.51. The Bertz CT molecular complexity index is 1050. The first-order chi connectivity index (χ1) is 13.6. The molecule has 0 amide bonds. The lowest BCUT2D eigenvalue weighted by molar-refractivity contribution is -0.141. The molecule has 0 saturated heterocycles. The summed E-state index contributed by atoms with van der Waals surface area (Å²) in [5.41, 5.74) is 2.71. The number of benzene rings is 2. The Morgan fingerprint density at radius 2 is 1.90 bits per heavy atom. The van der Waals surface area contributed by atoms with Crippen molar-refractivity contribution in [2.24, 2.45) is 0 Å². The predicted octanol–water partition coefficient (Wildman–Crippen LogP) is 5.40. The molecule has 29 heavy (non-hydrogen) atoms. The summed E-state index contributed by atoms with van der Waals surface area (Å²) in [6.07, 6.45) is -3.51. The maximum absolute atomic E-state index is 12.8. The normalized spacial score (nSPS) is 12.4. The smallest absolute Gasteiger partial charge is 0.433 e. The lowest BCUT2D eigenvalue weighted by Crippen LogP contribution is -2.10. The van der Waals surface area contributed by atoms with Crippen LogP contribution >= 0.6 is 0 Å². The first-order valence-electron chi connectivity index (χ1n) is 8.76. The highest BCUT2D eigenvalue weighted by Crippen LogP contribution is 2.31. The number of halogens is 3. The van der Waals surface area contributed by atoms with Gasteiger partial charge < -0.3 is 10.4 Å². The second-order valence-corrected chi connectivity index (χ2v) is 6.60. The third-order valence-electron chi connectivity index (χ3n) is 4.51.